The van der Waals surface area contributed by atoms with Crippen molar-refractivity contribution in [1.82, 2.24) is 0 Å². The lowest BCUT2D eigenvalue weighted by molar-refractivity contribution is 0.199. The highest BCUT2D eigenvalue weighted by Gasteiger charge is 2.18. The first-order valence-corrected chi connectivity index (χ1v) is 6.44. The molecule has 2 rings (SSSR count). The molecule has 0 heterocycles. The summed E-state index contributed by atoms with van der Waals surface area (Å²) in [6.07, 6.45) is -0.705. The minimum atomic E-state index is -0.705. The van der Waals surface area contributed by atoms with Gasteiger partial charge in [0.2, 0.25) is 0 Å². The molecule has 1 N–H and O–H groups in total. The molecule has 3 heteroatoms. The Hall–Kier alpha value is -1.87. The molecular formula is C16H18FNO. The predicted molar refractivity (Wildman–Crippen MR) is 76.2 cm³/mol. The lowest BCUT2D eigenvalue weighted by Gasteiger charge is -2.27. The molecule has 0 fully saturated rings. The van der Waals surface area contributed by atoms with E-state index in [1.165, 1.54) is 6.07 Å². The van der Waals surface area contributed by atoms with Gasteiger partial charge in [0.1, 0.15) is 5.82 Å². The zero-order valence-corrected chi connectivity index (χ0v) is 11.2. The van der Waals surface area contributed by atoms with Crippen molar-refractivity contribution >= 4 is 11.4 Å². The minimum Gasteiger partial charge on any atom is -0.389 e. The van der Waals surface area contributed by atoms with Gasteiger partial charge in [-0.1, -0.05) is 30.3 Å². The maximum Gasteiger partial charge on any atom is 0.147 e. The van der Waals surface area contributed by atoms with Gasteiger partial charge in [0.25, 0.3) is 0 Å². The number of aliphatic hydroxyl groups excluding tert-OH is 1. The Balaban J connectivity index is 2.55. The number of aliphatic hydroxyl groups is 1. The number of nitrogens with zero attached hydrogens (tertiary/aromatic N) is 1. The Morgan fingerprint density at radius 1 is 1.11 bits per heavy atom. The maximum atomic E-state index is 14.2. The van der Waals surface area contributed by atoms with Crippen LogP contribution >= 0.6 is 0 Å². The van der Waals surface area contributed by atoms with Crippen LogP contribution in [-0.4, -0.2) is 11.7 Å². The van der Waals surface area contributed by atoms with E-state index in [4.69, 9.17) is 0 Å². The highest BCUT2D eigenvalue weighted by atomic mass is 19.1. The number of hydrogen-bond acceptors (Lipinski definition) is 2. The molecule has 0 bridgehead atoms. The van der Waals surface area contributed by atoms with Crippen LogP contribution in [0, 0.1) is 5.82 Å². The summed E-state index contributed by atoms with van der Waals surface area (Å²) in [4.78, 5) is 1.87. The van der Waals surface area contributed by atoms with E-state index in [1.807, 2.05) is 42.2 Å². The van der Waals surface area contributed by atoms with Crippen LogP contribution in [0.2, 0.25) is 0 Å². The third-order valence-electron chi connectivity index (χ3n) is 3.12. The number of hydrogen-bond donors (Lipinski definition) is 1. The molecule has 0 spiro atoms. The third-order valence-corrected chi connectivity index (χ3v) is 3.12. The van der Waals surface area contributed by atoms with Crippen molar-refractivity contribution in [1.29, 1.82) is 0 Å². The summed E-state index contributed by atoms with van der Waals surface area (Å²) in [7, 11) is 0. The van der Waals surface area contributed by atoms with Crippen LogP contribution in [0.1, 0.15) is 25.5 Å². The van der Waals surface area contributed by atoms with E-state index >= 15 is 0 Å². The van der Waals surface area contributed by atoms with Crippen LogP contribution in [0.5, 0.6) is 0 Å². The monoisotopic (exact) mass is 259 g/mol. The SMILES string of the molecule is CCN(c1ccccc1)c1c(F)cccc1[C@@H](C)O. The Morgan fingerprint density at radius 3 is 2.37 bits per heavy atom. The molecule has 2 aromatic rings. The molecule has 2 aromatic carbocycles. The van der Waals surface area contributed by atoms with Gasteiger partial charge in [-0.05, 0) is 32.0 Å². The van der Waals surface area contributed by atoms with Gasteiger partial charge in [-0.15, -0.1) is 0 Å². The molecule has 0 aromatic heterocycles. The van der Waals surface area contributed by atoms with Gasteiger partial charge in [-0.3, -0.25) is 0 Å². The zero-order valence-electron chi connectivity index (χ0n) is 11.2. The minimum absolute atomic E-state index is 0.316. The van der Waals surface area contributed by atoms with Crippen LogP contribution in [0.15, 0.2) is 48.5 Å². The van der Waals surface area contributed by atoms with Crippen LogP contribution < -0.4 is 4.90 Å². The molecular weight excluding hydrogens is 241 g/mol. The second-order valence-electron chi connectivity index (χ2n) is 4.43. The predicted octanol–water partition coefficient (Wildman–Crippen LogP) is 4.04. The van der Waals surface area contributed by atoms with Crippen LogP contribution in [-0.2, 0) is 0 Å². The number of benzene rings is 2. The molecule has 100 valence electrons. The molecule has 0 amide bonds. The Bertz CT molecular complexity index is 540. The quantitative estimate of drug-likeness (QED) is 0.895. The summed E-state index contributed by atoms with van der Waals surface area (Å²) in [5, 5.41) is 9.83. The van der Waals surface area contributed by atoms with Crippen LogP contribution in [0.3, 0.4) is 0 Å². The van der Waals surface area contributed by atoms with Crippen LogP contribution in [0.4, 0.5) is 15.8 Å². The Morgan fingerprint density at radius 2 is 1.79 bits per heavy atom. The normalized spacial score (nSPS) is 12.2. The van der Waals surface area contributed by atoms with Gasteiger partial charge >= 0.3 is 0 Å². The molecule has 19 heavy (non-hydrogen) atoms. The summed E-state index contributed by atoms with van der Waals surface area (Å²) < 4.78 is 14.2. The fraction of sp³-hybridized carbons (Fsp3) is 0.250. The van der Waals surface area contributed by atoms with Gasteiger partial charge in [0.05, 0.1) is 11.8 Å². The number of halogens is 1. The Labute approximate surface area is 113 Å². The van der Waals surface area contributed by atoms with Crippen molar-refractivity contribution in [2.75, 3.05) is 11.4 Å². The second-order valence-corrected chi connectivity index (χ2v) is 4.43. The standard InChI is InChI=1S/C16H18FNO/c1-3-18(13-8-5-4-6-9-13)16-14(12(2)19)10-7-11-15(16)17/h4-12,19H,3H2,1-2H3/t12-/m1/s1. The average Bonchev–Trinajstić information content (AvgIpc) is 2.42. The van der Waals surface area contributed by atoms with E-state index in [1.54, 1.807) is 19.1 Å². The van der Waals surface area contributed by atoms with E-state index in [9.17, 15) is 9.50 Å². The summed E-state index contributed by atoms with van der Waals surface area (Å²) in [5.74, 6) is -0.316. The largest absolute Gasteiger partial charge is 0.389 e. The molecule has 0 aliphatic heterocycles. The van der Waals surface area contributed by atoms with Crippen molar-refractivity contribution in [3.63, 3.8) is 0 Å². The van der Waals surface area contributed by atoms with Gasteiger partial charge < -0.3 is 10.0 Å². The van der Waals surface area contributed by atoms with Crippen molar-refractivity contribution in [2.45, 2.75) is 20.0 Å². The third kappa shape index (κ3) is 2.76. The topological polar surface area (TPSA) is 23.5 Å². The van der Waals surface area contributed by atoms with E-state index < -0.39 is 6.10 Å². The first-order chi connectivity index (χ1) is 9.15. The highest BCUT2D eigenvalue weighted by molar-refractivity contribution is 5.67. The summed E-state index contributed by atoms with van der Waals surface area (Å²) in [5.41, 5.74) is 1.97. The van der Waals surface area contributed by atoms with Gasteiger partial charge in [-0.2, -0.15) is 0 Å². The van der Waals surface area contributed by atoms with E-state index in [-0.39, 0.29) is 5.82 Å². The van der Waals surface area contributed by atoms with Crippen molar-refractivity contribution in [3.05, 3.63) is 59.9 Å². The number of anilines is 2. The molecule has 0 saturated heterocycles. The lowest BCUT2D eigenvalue weighted by atomic mass is 10.1. The maximum absolute atomic E-state index is 14.2. The molecule has 0 saturated carbocycles. The molecule has 0 unspecified atom stereocenters. The van der Waals surface area contributed by atoms with Gasteiger partial charge in [-0.25, -0.2) is 4.39 Å². The molecule has 0 aliphatic carbocycles. The molecule has 2 nitrogen and oxygen atoms in total. The zero-order chi connectivity index (χ0) is 13.8. The fourth-order valence-electron chi connectivity index (χ4n) is 2.23. The molecule has 0 radical (unpaired) electrons. The van der Waals surface area contributed by atoms with Gasteiger partial charge in [0.15, 0.2) is 0 Å². The van der Waals surface area contributed by atoms with E-state index in [0.29, 0.717) is 17.8 Å². The van der Waals surface area contributed by atoms with Crippen LogP contribution in [0.25, 0.3) is 0 Å². The summed E-state index contributed by atoms with van der Waals surface area (Å²) in [6.45, 7) is 4.24. The summed E-state index contributed by atoms with van der Waals surface area (Å²) in [6, 6.07) is 14.4. The van der Waals surface area contributed by atoms with Crippen molar-refractivity contribution < 1.29 is 9.50 Å². The highest BCUT2D eigenvalue weighted by Crippen LogP contribution is 2.34. The number of para-hydroxylation sites is 2. The Kier molecular flexibility index (Phi) is 4.17. The summed E-state index contributed by atoms with van der Waals surface area (Å²) >= 11 is 0. The first kappa shape index (κ1) is 13.6. The average molecular weight is 259 g/mol. The first-order valence-electron chi connectivity index (χ1n) is 6.44. The van der Waals surface area contributed by atoms with Crippen molar-refractivity contribution in [3.8, 4) is 0 Å². The number of rotatable bonds is 4. The lowest BCUT2D eigenvalue weighted by Crippen LogP contribution is -2.19. The second kappa shape index (κ2) is 5.85. The smallest absolute Gasteiger partial charge is 0.147 e. The molecule has 0 aliphatic rings. The van der Waals surface area contributed by atoms with E-state index in [2.05, 4.69) is 0 Å². The van der Waals surface area contributed by atoms with E-state index in [0.717, 1.165) is 5.69 Å². The fourth-order valence-corrected chi connectivity index (χ4v) is 2.23. The van der Waals surface area contributed by atoms with Crippen molar-refractivity contribution in [2.24, 2.45) is 0 Å². The van der Waals surface area contributed by atoms with Gasteiger partial charge in [0, 0.05) is 17.8 Å². The molecule has 1 atom stereocenters.